The van der Waals surface area contributed by atoms with Crippen LogP contribution in [0.4, 0.5) is 0 Å². The third kappa shape index (κ3) is 2.06. The normalized spacial score (nSPS) is 9.94. The van der Waals surface area contributed by atoms with Crippen molar-refractivity contribution in [2.24, 2.45) is 0 Å². The monoisotopic (exact) mass is 212 g/mol. The fourth-order valence-corrected chi connectivity index (χ4v) is 1.54. The highest BCUT2D eigenvalue weighted by Gasteiger charge is 2.07. The second kappa shape index (κ2) is 4.54. The van der Waals surface area contributed by atoms with Crippen LogP contribution in [0.25, 0.3) is 10.9 Å². The van der Waals surface area contributed by atoms with E-state index >= 15 is 0 Å². The number of hydrogen-bond donors (Lipinski definition) is 2. The van der Waals surface area contributed by atoms with Gasteiger partial charge >= 0.3 is 0 Å². The second-order valence-corrected chi connectivity index (χ2v) is 3.48. The highest BCUT2D eigenvalue weighted by Crippen LogP contribution is 2.14. The molecule has 2 N–H and O–H groups in total. The lowest BCUT2D eigenvalue weighted by molar-refractivity contribution is 0.0950. The van der Waals surface area contributed by atoms with Crippen LogP contribution < -0.4 is 5.32 Å². The number of amides is 1. The first kappa shape index (κ1) is 10.3. The molecule has 0 unspecified atom stereocenters. The zero-order valence-corrected chi connectivity index (χ0v) is 8.79. The van der Waals surface area contributed by atoms with Gasteiger partial charge in [0.2, 0.25) is 0 Å². The predicted molar refractivity (Wildman–Crippen MR) is 64.1 cm³/mol. The summed E-state index contributed by atoms with van der Waals surface area (Å²) in [5, 5.41) is 3.78. The number of carbonyl (C=O) groups is 1. The summed E-state index contributed by atoms with van der Waals surface area (Å²) in [7, 11) is 0. The number of rotatable bonds is 3. The molecule has 2 rings (SSSR count). The van der Waals surface area contributed by atoms with E-state index in [2.05, 4.69) is 16.2 Å². The van der Waals surface area contributed by atoms with E-state index in [1.807, 2.05) is 30.3 Å². The molecule has 3 nitrogen and oxygen atoms in total. The van der Waals surface area contributed by atoms with E-state index < -0.39 is 0 Å². The molecule has 0 aliphatic rings. The van der Waals surface area contributed by atoms with Crippen molar-refractivity contribution in [3.8, 4) is 12.3 Å². The van der Waals surface area contributed by atoms with Gasteiger partial charge in [-0.25, -0.2) is 0 Å². The molecule has 16 heavy (non-hydrogen) atoms. The Kier molecular flexibility index (Phi) is 2.93. The molecule has 0 fully saturated rings. The standard InChI is InChI=1S/C13H12N2O/c1-2-3-8-14-13(16)12-9-10-6-4-5-7-11(10)15-12/h1,4-7,9,15H,3,8H2,(H,14,16). The van der Waals surface area contributed by atoms with Gasteiger partial charge < -0.3 is 10.3 Å². The molecule has 1 amide bonds. The Labute approximate surface area is 93.9 Å². The second-order valence-electron chi connectivity index (χ2n) is 3.48. The lowest BCUT2D eigenvalue weighted by Gasteiger charge is -1.99. The fourth-order valence-electron chi connectivity index (χ4n) is 1.54. The number of carbonyl (C=O) groups excluding carboxylic acids is 1. The molecule has 2 aromatic rings. The summed E-state index contributed by atoms with van der Waals surface area (Å²) in [5.74, 6) is 2.36. The molecule has 0 radical (unpaired) electrons. The number of aromatic amines is 1. The van der Waals surface area contributed by atoms with E-state index in [1.54, 1.807) is 0 Å². The third-order valence-electron chi connectivity index (χ3n) is 2.33. The van der Waals surface area contributed by atoms with Gasteiger partial charge in [0.05, 0.1) is 0 Å². The van der Waals surface area contributed by atoms with Crippen molar-refractivity contribution < 1.29 is 4.79 Å². The molecule has 1 aromatic heterocycles. The first-order valence-corrected chi connectivity index (χ1v) is 5.10. The number of H-pyrrole nitrogens is 1. The Balaban J connectivity index is 2.14. The number of aromatic nitrogens is 1. The first-order chi connectivity index (χ1) is 7.81. The van der Waals surface area contributed by atoms with Gasteiger partial charge in [-0.15, -0.1) is 12.3 Å². The van der Waals surface area contributed by atoms with Crippen LogP contribution >= 0.6 is 0 Å². The molecular weight excluding hydrogens is 200 g/mol. The van der Waals surface area contributed by atoms with Crippen LogP contribution in [0.5, 0.6) is 0 Å². The highest BCUT2D eigenvalue weighted by atomic mass is 16.1. The molecule has 0 saturated carbocycles. The zero-order chi connectivity index (χ0) is 11.4. The first-order valence-electron chi connectivity index (χ1n) is 5.10. The van der Waals surface area contributed by atoms with E-state index in [1.165, 1.54) is 0 Å². The molecule has 0 atom stereocenters. The van der Waals surface area contributed by atoms with Crippen molar-refractivity contribution >= 4 is 16.8 Å². The number of nitrogens with one attached hydrogen (secondary N) is 2. The highest BCUT2D eigenvalue weighted by molar-refractivity contribution is 5.97. The molecular formula is C13H12N2O. The smallest absolute Gasteiger partial charge is 0.267 e. The van der Waals surface area contributed by atoms with Crippen molar-refractivity contribution in [2.75, 3.05) is 6.54 Å². The van der Waals surface area contributed by atoms with Crippen molar-refractivity contribution in [1.82, 2.24) is 10.3 Å². The van der Waals surface area contributed by atoms with Crippen molar-refractivity contribution in [3.63, 3.8) is 0 Å². The minimum atomic E-state index is -0.119. The Hall–Kier alpha value is -2.21. The van der Waals surface area contributed by atoms with Gasteiger partial charge in [0, 0.05) is 23.9 Å². The summed E-state index contributed by atoms with van der Waals surface area (Å²) in [5.41, 5.74) is 1.53. The summed E-state index contributed by atoms with van der Waals surface area (Å²) >= 11 is 0. The zero-order valence-electron chi connectivity index (χ0n) is 8.79. The summed E-state index contributed by atoms with van der Waals surface area (Å²) in [6, 6.07) is 9.60. The average Bonchev–Trinajstić information content (AvgIpc) is 2.73. The summed E-state index contributed by atoms with van der Waals surface area (Å²) in [6.45, 7) is 0.505. The minimum absolute atomic E-state index is 0.119. The molecule has 0 saturated heterocycles. The molecule has 0 bridgehead atoms. The Morgan fingerprint density at radius 2 is 2.25 bits per heavy atom. The minimum Gasteiger partial charge on any atom is -0.351 e. The maximum atomic E-state index is 11.7. The maximum Gasteiger partial charge on any atom is 0.267 e. The number of fused-ring (bicyclic) bond motifs is 1. The number of terminal acetylenes is 1. The Morgan fingerprint density at radius 3 is 3.00 bits per heavy atom. The van der Waals surface area contributed by atoms with Crippen molar-refractivity contribution in [1.29, 1.82) is 0 Å². The van der Waals surface area contributed by atoms with Gasteiger partial charge in [0.25, 0.3) is 5.91 Å². The molecule has 0 spiro atoms. The van der Waals surface area contributed by atoms with E-state index in [0.29, 0.717) is 18.7 Å². The lowest BCUT2D eigenvalue weighted by Crippen LogP contribution is -2.24. The maximum absolute atomic E-state index is 11.7. The molecule has 80 valence electrons. The molecule has 3 heteroatoms. The van der Waals surface area contributed by atoms with E-state index in [4.69, 9.17) is 6.42 Å². The van der Waals surface area contributed by atoms with E-state index in [-0.39, 0.29) is 5.91 Å². The number of para-hydroxylation sites is 1. The van der Waals surface area contributed by atoms with Gasteiger partial charge in [-0.3, -0.25) is 4.79 Å². The fraction of sp³-hybridized carbons (Fsp3) is 0.154. The van der Waals surface area contributed by atoms with Gasteiger partial charge in [-0.2, -0.15) is 0 Å². The van der Waals surface area contributed by atoms with E-state index in [9.17, 15) is 4.79 Å². The molecule has 0 aliphatic heterocycles. The summed E-state index contributed by atoms with van der Waals surface area (Å²) in [6.07, 6.45) is 5.65. The van der Waals surface area contributed by atoms with Crippen LogP contribution in [0.3, 0.4) is 0 Å². The van der Waals surface area contributed by atoms with Crippen molar-refractivity contribution in [3.05, 3.63) is 36.0 Å². The number of hydrogen-bond acceptors (Lipinski definition) is 1. The lowest BCUT2D eigenvalue weighted by atomic mass is 10.2. The van der Waals surface area contributed by atoms with Crippen LogP contribution in [0.2, 0.25) is 0 Å². The molecule has 1 aromatic carbocycles. The van der Waals surface area contributed by atoms with Crippen LogP contribution in [-0.4, -0.2) is 17.4 Å². The van der Waals surface area contributed by atoms with Crippen LogP contribution in [0.15, 0.2) is 30.3 Å². The van der Waals surface area contributed by atoms with Crippen LogP contribution in [0, 0.1) is 12.3 Å². The van der Waals surface area contributed by atoms with Crippen molar-refractivity contribution in [2.45, 2.75) is 6.42 Å². The average molecular weight is 212 g/mol. The van der Waals surface area contributed by atoms with Gasteiger partial charge in [-0.05, 0) is 12.1 Å². The quantitative estimate of drug-likeness (QED) is 0.592. The molecule has 1 heterocycles. The van der Waals surface area contributed by atoms with E-state index in [0.717, 1.165) is 10.9 Å². The number of benzene rings is 1. The topological polar surface area (TPSA) is 44.9 Å². The molecule has 0 aliphatic carbocycles. The Morgan fingerprint density at radius 1 is 1.44 bits per heavy atom. The van der Waals surface area contributed by atoms with Gasteiger partial charge in [0.15, 0.2) is 0 Å². The largest absolute Gasteiger partial charge is 0.351 e. The SMILES string of the molecule is C#CCCNC(=O)c1cc2ccccc2[nH]1. The third-order valence-corrected chi connectivity index (χ3v) is 2.33. The van der Waals surface area contributed by atoms with Gasteiger partial charge in [-0.1, -0.05) is 18.2 Å². The Bertz CT molecular complexity index is 515. The van der Waals surface area contributed by atoms with Crippen LogP contribution in [0.1, 0.15) is 16.9 Å². The summed E-state index contributed by atoms with van der Waals surface area (Å²) in [4.78, 5) is 14.7. The van der Waals surface area contributed by atoms with Crippen LogP contribution in [-0.2, 0) is 0 Å². The summed E-state index contributed by atoms with van der Waals surface area (Å²) < 4.78 is 0. The predicted octanol–water partition coefficient (Wildman–Crippen LogP) is 1.92. The van der Waals surface area contributed by atoms with Gasteiger partial charge in [0.1, 0.15) is 5.69 Å².